The number of anilines is 1. The molecular formula is C27H35ClN6O4. The van der Waals surface area contributed by atoms with Crippen molar-refractivity contribution >= 4 is 40.3 Å². The molecule has 0 aliphatic carbocycles. The lowest BCUT2D eigenvalue weighted by molar-refractivity contribution is -0.121. The van der Waals surface area contributed by atoms with E-state index in [1.165, 1.54) is 4.57 Å². The molecule has 3 N–H and O–H groups in total. The van der Waals surface area contributed by atoms with Crippen molar-refractivity contribution in [3.8, 4) is 0 Å². The van der Waals surface area contributed by atoms with Gasteiger partial charge < -0.3 is 25.3 Å². The molecule has 0 bridgehead atoms. The Bertz CT molecular complexity index is 1410. The Kier molecular flexibility index (Phi) is 8.01. The van der Waals surface area contributed by atoms with E-state index in [-0.39, 0.29) is 35.6 Å². The highest BCUT2D eigenvalue weighted by molar-refractivity contribution is 6.30. The molecule has 38 heavy (non-hydrogen) atoms. The minimum absolute atomic E-state index is 0.0397. The largest absolute Gasteiger partial charge is 0.444 e. The monoisotopic (exact) mass is 542 g/mol. The summed E-state index contributed by atoms with van der Waals surface area (Å²) in [6.07, 6.45) is 3.19. The van der Waals surface area contributed by atoms with E-state index < -0.39 is 11.2 Å². The summed E-state index contributed by atoms with van der Waals surface area (Å²) in [5.41, 5.74) is 2.49. The molecule has 2 aromatic heterocycles. The van der Waals surface area contributed by atoms with E-state index in [4.69, 9.17) is 16.3 Å². The van der Waals surface area contributed by atoms with Gasteiger partial charge in [0, 0.05) is 36.7 Å². The first-order chi connectivity index (χ1) is 17.9. The molecule has 1 aliphatic rings. The number of ether oxygens (including phenoxy) is 1. The zero-order valence-electron chi connectivity index (χ0n) is 22.5. The summed E-state index contributed by atoms with van der Waals surface area (Å²) in [4.78, 5) is 47.6. The zero-order valence-corrected chi connectivity index (χ0v) is 23.2. The second kappa shape index (κ2) is 11.1. The van der Waals surface area contributed by atoms with Crippen LogP contribution in [0.4, 0.5) is 10.6 Å². The maximum Gasteiger partial charge on any atom is 0.410 e. The molecule has 2 amide bonds. The molecule has 0 saturated carbocycles. The predicted octanol–water partition coefficient (Wildman–Crippen LogP) is 4.12. The first-order valence-corrected chi connectivity index (χ1v) is 13.1. The number of fused-ring (bicyclic) bond motifs is 1. The summed E-state index contributed by atoms with van der Waals surface area (Å²) in [6, 6.07) is 5.82. The maximum absolute atomic E-state index is 13.2. The van der Waals surface area contributed by atoms with Crippen LogP contribution in [-0.4, -0.2) is 56.2 Å². The third-order valence-corrected chi connectivity index (χ3v) is 6.97. The molecule has 10 nitrogen and oxygen atoms in total. The summed E-state index contributed by atoms with van der Waals surface area (Å²) in [7, 11) is 0. The summed E-state index contributed by atoms with van der Waals surface area (Å²) < 4.78 is 6.83. The van der Waals surface area contributed by atoms with Gasteiger partial charge in [0.15, 0.2) is 11.0 Å². The number of benzene rings is 1. The van der Waals surface area contributed by atoms with Crippen molar-refractivity contribution in [3.05, 3.63) is 56.7 Å². The molecule has 1 aromatic carbocycles. The topological polar surface area (TPSA) is 121 Å². The quantitative estimate of drug-likeness (QED) is 0.413. The number of H-pyrrole nitrogens is 1. The van der Waals surface area contributed by atoms with Crippen LogP contribution >= 0.6 is 11.6 Å². The Morgan fingerprint density at radius 1 is 1.26 bits per heavy atom. The third-order valence-electron chi connectivity index (χ3n) is 6.62. The molecule has 204 valence electrons. The normalized spacial score (nSPS) is 15.6. The van der Waals surface area contributed by atoms with Crippen LogP contribution in [0.5, 0.6) is 0 Å². The van der Waals surface area contributed by atoms with Crippen LogP contribution in [0.2, 0.25) is 5.15 Å². The molecule has 3 heterocycles. The highest BCUT2D eigenvalue weighted by atomic mass is 35.5. The number of halogens is 1. The minimum atomic E-state index is -0.592. The summed E-state index contributed by atoms with van der Waals surface area (Å²) >= 11 is 6.32. The Labute approximate surface area is 226 Å². The van der Waals surface area contributed by atoms with Crippen LogP contribution < -0.4 is 16.2 Å². The number of aromatic nitrogens is 3. The number of hydrogen-bond donors (Lipinski definition) is 3. The van der Waals surface area contributed by atoms with Crippen molar-refractivity contribution in [2.75, 3.05) is 18.4 Å². The molecule has 1 fully saturated rings. The Hall–Kier alpha value is -3.53. The molecule has 0 spiro atoms. The Morgan fingerprint density at radius 3 is 2.76 bits per heavy atom. The van der Waals surface area contributed by atoms with Crippen LogP contribution in [0, 0.1) is 13.8 Å². The number of rotatable bonds is 7. The van der Waals surface area contributed by atoms with E-state index in [2.05, 4.69) is 20.6 Å². The lowest BCUT2D eigenvalue weighted by atomic mass is 10.1. The molecular weight excluding hydrogens is 508 g/mol. The fourth-order valence-electron chi connectivity index (χ4n) is 4.56. The van der Waals surface area contributed by atoms with Gasteiger partial charge in [0.2, 0.25) is 5.91 Å². The average Bonchev–Trinajstić information content (AvgIpc) is 3.47. The van der Waals surface area contributed by atoms with Gasteiger partial charge in [0.05, 0.1) is 11.7 Å². The van der Waals surface area contributed by atoms with E-state index in [0.29, 0.717) is 25.3 Å². The van der Waals surface area contributed by atoms with Gasteiger partial charge in [0.25, 0.3) is 5.56 Å². The van der Waals surface area contributed by atoms with Crippen LogP contribution in [0.1, 0.15) is 50.4 Å². The first-order valence-electron chi connectivity index (χ1n) is 12.8. The molecule has 1 atom stereocenters. The van der Waals surface area contributed by atoms with E-state index in [0.717, 1.165) is 34.9 Å². The van der Waals surface area contributed by atoms with Gasteiger partial charge in [0.1, 0.15) is 12.1 Å². The van der Waals surface area contributed by atoms with E-state index in [1.54, 1.807) is 11.8 Å². The zero-order chi connectivity index (χ0) is 27.6. The van der Waals surface area contributed by atoms with E-state index in [9.17, 15) is 14.4 Å². The minimum Gasteiger partial charge on any atom is -0.444 e. The van der Waals surface area contributed by atoms with Gasteiger partial charge in [-0.15, -0.1) is 0 Å². The van der Waals surface area contributed by atoms with Gasteiger partial charge in [-0.1, -0.05) is 17.7 Å². The molecule has 3 aromatic rings. The van der Waals surface area contributed by atoms with Crippen LogP contribution in [0.15, 0.2) is 29.2 Å². The number of carbonyl (C=O) groups excluding carboxylic acids is 2. The lowest BCUT2D eigenvalue weighted by Crippen LogP contribution is -2.43. The predicted molar refractivity (Wildman–Crippen MR) is 148 cm³/mol. The standard InChI is InChI=1S/C27H35ClN6O4/c1-16-12-29-21-9-8-18(11-20(16)21)13-30-22(35)15-34-17(2)23(28)32-24(25(34)36)31-14-19-7-6-10-33(19)26(37)38-27(3,4)5/h8-9,11-12,19,29H,6-7,10,13-15H2,1-5H3,(H,30,35)(H,31,32)/t19-/m0/s1. The number of likely N-dealkylation sites (tertiary alicyclic amines) is 1. The second-order valence-corrected chi connectivity index (χ2v) is 11.1. The van der Waals surface area contributed by atoms with Crippen LogP contribution in [-0.2, 0) is 22.6 Å². The molecule has 11 heteroatoms. The second-order valence-electron chi connectivity index (χ2n) is 10.7. The van der Waals surface area contributed by atoms with Crippen LogP contribution in [0.3, 0.4) is 0 Å². The summed E-state index contributed by atoms with van der Waals surface area (Å²) in [5.74, 6) is -0.279. The van der Waals surface area contributed by atoms with Gasteiger partial charge in [-0.2, -0.15) is 0 Å². The average molecular weight is 543 g/mol. The van der Waals surface area contributed by atoms with Crippen molar-refractivity contribution in [3.63, 3.8) is 0 Å². The fraction of sp³-hybridized carbons (Fsp3) is 0.481. The molecule has 4 rings (SSSR count). The van der Waals surface area contributed by atoms with Crippen molar-refractivity contribution in [1.82, 2.24) is 24.8 Å². The van der Waals surface area contributed by atoms with Gasteiger partial charge in [-0.25, -0.2) is 9.78 Å². The van der Waals surface area contributed by atoms with Crippen molar-refractivity contribution in [1.29, 1.82) is 0 Å². The molecule has 0 radical (unpaired) electrons. The Morgan fingerprint density at radius 2 is 2.03 bits per heavy atom. The highest BCUT2D eigenvalue weighted by Crippen LogP contribution is 2.22. The number of aryl methyl sites for hydroxylation is 1. The smallest absolute Gasteiger partial charge is 0.410 e. The van der Waals surface area contributed by atoms with Crippen molar-refractivity contribution in [2.45, 2.75) is 72.2 Å². The maximum atomic E-state index is 13.2. The SMILES string of the molecule is Cc1c[nH]c2ccc(CNC(=O)Cn3c(C)c(Cl)nc(NC[C@@H]4CCCN4C(=O)OC(C)(C)C)c3=O)cc12. The molecule has 1 aliphatic heterocycles. The first kappa shape index (κ1) is 27.5. The van der Waals surface area contributed by atoms with Crippen molar-refractivity contribution < 1.29 is 14.3 Å². The molecule has 0 unspecified atom stereocenters. The third kappa shape index (κ3) is 6.30. The number of aromatic amines is 1. The van der Waals surface area contributed by atoms with E-state index in [1.807, 2.05) is 52.1 Å². The Balaban J connectivity index is 1.41. The summed E-state index contributed by atoms with van der Waals surface area (Å²) in [6.45, 7) is 10.2. The van der Waals surface area contributed by atoms with E-state index >= 15 is 0 Å². The van der Waals surface area contributed by atoms with Crippen molar-refractivity contribution in [2.24, 2.45) is 0 Å². The molecule has 1 saturated heterocycles. The number of carbonyl (C=O) groups is 2. The van der Waals surface area contributed by atoms with Gasteiger partial charge in [-0.05, 0) is 70.7 Å². The fourth-order valence-corrected chi connectivity index (χ4v) is 4.75. The lowest BCUT2D eigenvalue weighted by Gasteiger charge is -2.28. The number of nitrogens with one attached hydrogen (secondary N) is 3. The van der Waals surface area contributed by atoms with Crippen LogP contribution in [0.25, 0.3) is 10.9 Å². The number of hydrogen-bond acceptors (Lipinski definition) is 6. The summed E-state index contributed by atoms with van der Waals surface area (Å²) in [5, 5.41) is 7.16. The van der Waals surface area contributed by atoms with Gasteiger partial charge in [-0.3, -0.25) is 14.2 Å². The number of amides is 2. The van der Waals surface area contributed by atoms with Gasteiger partial charge >= 0.3 is 6.09 Å². The number of nitrogens with zero attached hydrogens (tertiary/aromatic N) is 3. The highest BCUT2D eigenvalue weighted by Gasteiger charge is 2.32.